The van der Waals surface area contributed by atoms with Gasteiger partial charge in [-0.1, -0.05) is 41.4 Å². The molecule has 0 saturated heterocycles. The molecule has 0 bridgehead atoms. The minimum atomic E-state index is -0.415. The van der Waals surface area contributed by atoms with Gasteiger partial charge in [0.05, 0.1) is 32.4 Å². The Bertz CT molecular complexity index is 989. The Morgan fingerprint density at radius 2 is 1.83 bits per heavy atom. The number of carbonyl (C=O) groups is 1. The maximum absolute atomic E-state index is 12.5. The van der Waals surface area contributed by atoms with E-state index in [0.29, 0.717) is 16.8 Å². The highest BCUT2D eigenvalue weighted by Crippen LogP contribution is 2.28. The summed E-state index contributed by atoms with van der Waals surface area (Å²) in [4.78, 5) is 16.8. The molecule has 0 unspecified atom stereocenters. The van der Waals surface area contributed by atoms with E-state index in [0.717, 1.165) is 10.9 Å². The number of aryl methyl sites for hydroxylation is 1. The van der Waals surface area contributed by atoms with Gasteiger partial charge >= 0.3 is 0 Å². The molecule has 0 fully saturated rings. The lowest BCUT2D eigenvalue weighted by atomic mass is 10.0. The van der Waals surface area contributed by atoms with Crippen molar-refractivity contribution in [3.8, 4) is 6.07 Å². The van der Waals surface area contributed by atoms with Crippen LogP contribution < -0.4 is 5.32 Å². The number of hydrogen-bond acceptors (Lipinski definition) is 3. The number of nitriles is 1. The second-order valence-electron chi connectivity index (χ2n) is 5.16. The van der Waals surface area contributed by atoms with E-state index in [1.165, 1.54) is 6.20 Å². The van der Waals surface area contributed by atoms with Crippen molar-refractivity contribution in [3.63, 3.8) is 0 Å². The Morgan fingerprint density at radius 1 is 1.17 bits per heavy atom. The molecule has 0 atom stereocenters. The summed E-state index contributed by atoms with van der Waals surface area (Å²) < 4.78 is 0. The van der Waals surface area contributed by atoms with E-state index in [9.17, 15) is 4.79 Å². The number of nitrogens with one attached hydrogen (secondary N) is 1. The summed E-state index contributed by atoms with van der Waals surface area (Å²) in [6.07, 6.45) is 1.50. The van der Waals surface area contributed by atoms with Gasteiger partial charge in [-0.3, -0.25) is 9.78 Å². The zero-order valence-corrected chi connectivity index (χ0v) is 14.1. The summed E-state index contributed by atoms with van der Waals surface area (Å²) in [5.74, 6) is -0.415. The fourth-order valence-electron chi connectivity index (χ4n) is 2.47. The first-order valence-electron chi connectivity index (χ1n) is 7.06. The van der Waals surface area contributed by atoms with E-state index in [4.69, 9.17) is 28.5 Å². The fraction of sp³-hybridized carbons (Fsp3) is 0.0556. The van der Waals surface area contributed by atoms with Crippen LogP contribution >= 0.6 is 23.2 Å². The van der Waals surface area contributed by atoms with Gasteiger partial charge < -0.3 is 5.32 Å². The third-order valence-electron chi connectivity index (χ3n) is 3.73. The topological polar surface area (TPSA) is 65.8 Å². The largest absolute Gasteiger partial charge is 0.320 e. The number of anilines is 1. The molecule has 4 nitrogen and oxygen atoms in total. The van der Waals surface area contributed by atoms with Crippen LogP contribution in [0.15, 0.2) is 42.6 Å². The van der Waals surface area contributed by atoms with E-state index in [2.05, 4.69) is 16.4 Å². The number of fused-ring (bicyclic) bond motifs is 1. The second-order valence-corrected chi connectivity index (χ2v) is 5.98. The van der Waals surface area contributed by atoms with Crippen molar-refractivity contribution in [1.29, 1.82) is 5.26 Å². The lowest BCUT2D eigenvalue weighted by Crippen LogP contribution is -2.13. The number of benzene rings is 2. The van der Waals surface area contributed by atoms with Crippen LogP contribution in [-0.4, -0.2) is 10.9 Å². The minimum Gasteiger partial charge on any atom is -0.320 e. The number of amides is 1. The van der Waals surface area contributed by atoms with Gasteiger partial charge in [0, 0.05) is 11.6 Å². The molecule has 24 heavy (non-hydrogen) atoms. The van der Waals surface area contributed by atoms with Crippen molar-refractivity contribution >= 4 is 45.7 Å². The van der Waals surface area contributed by atoms with Gasteiger partial charge in [0.2, 0.25) is 0 Å². The molecule has 1 aromatic heterocycles. The highest BCUT2D eigenvalue weighted by molar-refractivity contribution is 6.40. The van der Waals surface area contributed by atoms with Crippen LogP contribution in [0.4, 0.5) is 5.69 Å². The lowest BCUT2D eigenvalue weighted by Gasteiger charge is -2.11. The van der Waals surface area contributed by atoms with Gasteiger partial charge in [0.15, 0.2) is 0 Å². The van der Waals surface area contributed by atoms with Crippen LogP contribution in [0, 0.1) is 18.3 Å². The molecule has 1 N–H and O–H groups in total. The summed E-state index contributed by atoms with van der Waals surface area (Å²) in [6, 6.07) is 12.4. The van der Waals surface area contributed by atoms with Gasteiger partial charge in [-0.2, -0.15) is 5.26 Å². The van der Waals surface area contributed by atoms with Crippen LogP contribution in [-0.2, 0) is 0 Å². The summed E-state index contributed by atoms with van der Waals surface area (Å²) >= 11 is 12.2. The van der Waals surface area contributed by atoms with Crippen molar-refractivity contribution in [2.45, 2.75) is 6.92 Å². The summed E-state index contributed by atoms with van der Waals surface area (Å²) in [6.45, 7) is 1.85. The first-order chi connectivity index (χ1) is 11.5. The number of carbonyl (C=O) groups excluding carboxylic acids is 1. The van der Waals surface area contributed by atoms with Crippen LogP contribution in [0.2, 0.25) is 10.0 Å². The molecule has 1 heterocycles. The zero-order chi connectivity index (χ0) is 17.3. The Morgan fingerprint density at radius 3 is 2.50 bits per heavy atom. The molecular weight excluding hydrogens is 345 g/mol. The van der Waals surface area contributed by atoms with E-state index in [1.54, 1.807) is 30.3 Å². The van der Waals surface area contributed by atoms with Crippen LogP contribution in [0.3, 0.4) is 0 Å². The molecule has 0 aliphatic rings. The molecule has 118 valence electrons. The van der Waals surface area contributed by atoms with Crippen molar-refractivity contribution in [3.05, 3.63) is 69.3 Å². The molecule has 0 spiro atoms. The molecule has 3 rings (SSSR count). The van der Waals surface area contributed by atoms with Crippen molar-refractivity contribution in [2.75, 3.05) is 5.32 Å². The molecule has 0 aliphatic carbocycles. The molecular formula is C18H11Cl2N3O. The Balaban J connectivity index is 2.07. The standard InChI is InChI=1S/C18H11Cl2N3O/c1-10-11(8-21)9-22-17-12(10)4-2-7-15(17)23-18(24)16-13(19)5-3-6-14(16)20/h2-7,9H,1H3,(H,23,24). The zero-order valence-electron chi connectivity index (χ0n) is 12.6. The molecule has 3 aromatic rings. The first kappa shape index (κ1) is 16.3. The Kier molecular flexibility index (Phi) is 4.39. The average molecular weight is 356 g/mol. The fourth-order valence-corrected chi connectivity index (χ4v) is 3.04. The smallest absolute Gasteiger partial charge is 0.258 e. The second kappa shape index (κ2) is 6.48. The number of hydrogen-bond donors (Lipinski definition) is 1. The van der Waals surface area contributed by atoms with E-state index >= 15 is 0 Å². The van der Waals surface area contributed by atoms with Gasteiger partial charge in [0.1, 0.15) is 6.07 Å². The first-order valence-corrected chi connectivity index (χ1v) is 7.82. The van der Waals surface area contributed by atoms with Gasteiger partial charge in [0.25, 0.3) is 5.91 Å². The van der Waals surface area contributed by atoms with E-state index in [-0.39, 0.29) is 15.6 Å². The van der Waals surface area contributed by atoms with Crippen LogP contribution in [0.25, 0.3) is 10.9 Å². The third-order valence-corrected chi connectivity index (χ3v) is 4.36. The Labute approximate surface area is 148 Å². The highest BCUT2D eigenvalue weighted by atomic mass is 35.5. The van der Waals surface area contributed by atoms with Gasteiger partial charge in [-0.15, -0.1) is 0 Å². The number of halogens is 2. The maximum Gasteiger partial charge on any atom is 0.258 e. The van der Waals surface area contributed by atoms with Crippen LogP contribution in [0.1, 0.15) is 21.5 Å². The summed E-state index contributed by atoms with van der Waals surface area (Å²) in [5.41, 5.74) is 2.66. The highest BCUT2D eigenvalue weighted by Gasteiger charge is 2.16. The predicted octanol–water partition coefficient (Wildman–Crippen LogP) is 4.97. The summed E-state index contributed by atoms with van der Waals surface area (Å²) in [5, 5.41) is 13.3. The molecule has 6 heteroatoms. The van der Waals surface area contributed by atoms with Crippen molar-refractivity contribution in [2.24, 2.45) is 0 Å². The van der Waals surface area contributed by atoms with Crippen LogP contribution in [0.5, 0.6) is 0 Å². The Hall–Kier alpha value is -2.61. The third kappa shape index (κ3) is 2.80. The number of para-hydroxylation sites is 1. The quantitative estimate of drug-likeness (QED) is 0.705. The van der Waals surface area contributed by atoms with Gasteiger partial charge in [-0.25, -0.2) is 0 Å². The minimum absolute atomic E-state index is 0.211. The maximum atomic E-state index is 12.5. The van der Waals surface area contributed by atoms with E-state index < -0.39 is 5.91 Å². The van der Waals surface area contributed by atoms with Gasteiger partial charge in [-0.05, 0) is 30.7 Å². The van der Waals surface area contributed by atoms with Crippen molar-refractivity contribution < 1.29 is 4.79 Å². The summed E-state index contributed by atoms with van der Waals surface area (Å²) in [7, 11) is 0. The number of pyridine rings is 1. The molecule has 2 aromatic carbocycles. The normalized spacial score (nSPS) is 10.4. The number of rotatable bonds is 2. The monoisotopic (exact) mass is 355 g/mol. The molecule has 0 aliphatic heterocycles. The van der Waals surface area contributed by atoms with Crippen molar-refractivity contribution in [1.82, 2.24) is 4.98 Å². The van der Waals surface area contributed by atoms with E-state index in [1.807, 2.05) is 13.0 Å². The molecule has 1 amide bonds. The number of aromatic nitrogens is 1. The predicted molar refractivity (Wildman–Crippen MR) is 95.6 cm³/mol. The number of nitrogens with zero attached hydrogens (tertiary/aromatic N) is 2. The average Bonchev–Trinajstić information content (AvgIpc) is 2.56. The molecule has 0 radical (unpaired) electrons. The lowest BCUT2D eigenvalue weighted by molar-refractivity contribution is 0.102. The SMILES string of the molecule is Cc1c(C#N)cnc2c(NC(=O)c3c(Cl)cccc3Cl)cccc12. The molecule has 0 saturated carbocycles.